The van der Waals surface area contributed by atoms with Crippen LogP contribution in [0.25, 0.3) is 10.9 Å². The van der Waals surface area contributed by atoms with Crippen LogP contribution in [0.1, 0.15) is 37.7 Å². The third-order valence-corrected chi connectivity index (χ3v) is 9.61. The van der Waals surface area contributed by atoms with Crippen LogP contribution in [0, 0.1) is 11.5 Å². The monoisotopic (exact) mass is 381 g/mol. The number of rotatable bonds is 4. The van der Waals surface area contributed by atoms with Gasteiger partial charge in [0.05, 0.1) is 5.52 Å². The van der Waals surface area contributed by atoms with Crippen molar-refractivity contribution in [3.8, 4) is 11.5 Å². The Hall–Kier alpha value is -2.65. The Kier molecular flexibility index (Phi) is 6.07. The Morgan fingerprint density at radius 3 is 2.48 bits per heavy atom. The van der Waals surface area contributed by atoms with Crippen LogP contribution in [0.15, 0.2) is 36.4 Å². The molecule has 0 unspecified atom stereocenters. The van der Waals surface area contributed by atoms with Crippen molar-refractivity contribution < 1.29 is 9.59 Å². The highest BCUT2D eigenvalue weighted by molar-refractivity contribution is 6.87. The molecule has 1 heterocycles. The molecule has 2 amide bonds. The molecular weight excluding hydrogens is 354 g/mol. The standard InChI is InChI=1S/C21H27N3O2Si/c1-21(2,3)27(4,5)14-8-11-17(19(22)25)24-20(26)18-13-12-15-9-6-7-10-16(15)23-18/h6-7,9-10,12-13,17H,11H2,1-5H3,(H2,22,25)(H,24,26)/t17-/m1/s1. The van der Waals surface area contributed by atoms with Gasteiger partial charge in [0.15, 0.2) is 0 Å². The van der Waals surface area contributed by atoms with E-state index >= 15 is 0 Å². The molecule has 0 saturated carbocycles. The maximum absolute atomic E-state index is 12.5. The van der Waals surface area contributed by atoms with Gasteiger partial charge in [-0.1, -0.05) is 58.1 Å². The van der Waals surface area contributed by atoms with Gasteiger partial charge in [-0.15, -0.1) is 11.5 Å². The molecule has 0 aliphatic rings. The summed E-state index contributed by atoms with van der Waals surface area (Å²) in [5.74, 6) is 2.04. The fourth-order valence-electron chi connectivity index (χ4n) is 2.21. The van der Waals surface area contributed by atoms with Crippen molar-refractivity contribution in [2.24, 2.45) is 5.73 Å². The lowest BCUT2D eigenvalue weighted by atomic mass is 10.1. The van der Waals surface area contributed by atoms with Gasteiger partial charge in [0.2, 0.25) is 5.91 Å². The summed E-state index contributed by atoms with van der Waals surface area (Å²) < 4.78 is 0. The van der Waals surface area contributed by atoms with E-state index in [4.69, 9.17) is 5.73 Å². The van der Waals surface area contributed by atoms with Gasteiger partial charge in [0, 0.05) is 11.8 Å². The second-order valence-electron chi connectivity index (χ2n) is 8.20. The normalized spacial score (nSPS) is 12.8. The summed E-state index contributed by atoms with van der Waals surface area (Å²) in [6, 6.07) is 10.1. The zero-order valence-corrected chi connectivity index (χ0v) is 17.6. The van der Waals surface area contributed by atoms with E-state index in [-0.39, 0.29) is 17.2 Å². The number of amides is 2. The maximum Gasteiger partial charge on any atom is 0.270 e. The predicted octanol–water partition coefficient (Wildman–Crippen LogP) is 3.26. The quantitative estimate of drug-likeness (QED) is 0.630. The van der Waals surface area contributed by atoms with Crippen LogP contribution in [0.4, 0.5) is 0 Å². The van der Waals surface area contributed by atoms with E-state index in [1.54, 1.807) is 6.07 Å². The van der Waals surface area contributed by atoms with Gasteiger partial charge in [-0.2, -0.15) is 0 Å². The SMILES string of the molecule is CC(C)(C)[Si](C)(C)C#CC[C@@H](NC(=O)c1ccc2ccccc2n1)C(N)=O. The molecule has 0 bridgehead atoms. The highest BCUT2D eigenvalue weighted by Crippen LogP contribution is 2.35. The maximum atomic E-state index is 12.5. The minimum absolute atomic E-state index is 0.125. The summed E-state index contributed by atoms with van der Waals surface area (Å²) in [5, 5.41) is 3.73. The number of nitrogens with two attached hydrogens (primary N) is 1. The second kappa shape index (κ2) is 7.93. The number of carbonyl (C=O) groups is 2. The minimum Gasteiger partial charge on any atom is -0.368 e. The fourth-order valence-corrected chi connectivity index (χ4v) is 3.13. The number of nitrogens with one attached hydrogen (secondary N) is 1. The Labute approximate surface area is 161 Å². The average molecular weight is 382 g/mol. The molecule has 2 rings (SSSR count). The smallest absolute Gasteiger partial charge is 0.270 e. The van der Waals surface area contributed by atoms with Crippen LogP contribution in [-0.4, -0.2) is 30.9 Å². The van der Waals surface area contributed by atoms with E-state index in [0.29, 0.717) is 0 Å². The molecule has 1 aromatic heterocycles. The summed E-state index contributed by atoms with van der Waals surface area (Å²) in [6.45, 7) is 10.9. The van der Waals surface area contributed by atoms with Crippen molar-refractivity contribution in [3.63, 3.8) is 0 Å². The zero-order valence-electron chi connectivity index (χ0n) is 16.6. The molecule has 0 radical (unpaired) electrons. The molecule has 5 nitrogen and oxygen atoms in total. The molecule has 6 heteroatoms. The van der Waals surface area contributed by atoms with Gasteiger partial charge < -0.3 is 11.1 Å². The number of carbonyl (C=O) groups excluding carboxylic acids is 2. The second-order valence-corrected chi connectivity index (χ2v) is 13.2. The lowest BCUT2D eigenvalue weighted by Gasteiger charge is -2.31. The Morgan fingerprint density at radius 2 is 1.85 bits per heavy atom. The fraction of sp³-hybridized carbons (Fsp3) is 0.381. The van der Waals surface area contributed by atoms with Gasteiger partial charge in [-0.05, 0) is 17.2 Å². The first-order valence-electron chi connectivity index (χ1n) is 8.97. The highest BCUT2D eigenvalue weighted by atomic mass is 28.3. The number of hydrogen-bond acceptors (Lipinski definition) is 3. The minimum atomic E-state index is -1.78. The number of aromatic nitrogens is 1. The molecule has 0 saturated heterocycles. The summed E-state index contributed by atoms with van der Waals surface area (Å²) >= 11 is 0. The van der Waals surface area contributed by atoms with Crippen molar-refractivity contribution in [2.75, 3.05) is 0 Å². The lowest BCUT2D eigenvalue weighted by Crippen LogP contribution is -2.44. The molecule has 1 aromatic carbocycles. The number of hydrogen-bond donors (Lipinski definition) is 2. The van der Waals surface area contributed by atoms with Gasteiger partial charge in [0.1, 0.15) is 19.8 Å². The lowest BCUT2D eigenvalue weighted by molar-refractivity contribution is -0.119. The number of benzene rings is 1. The first-order chi connectivity index (χ1) is 12.5. The van der Waals surface area contributed by atoms with E-state index in [0.717, 1.165) is 10.9 Å². The van der Waals surface area contributed by atoms with Crippen molar-refractivity contribution in [3.05, 3.63) is 42.1 Å². The summed E-state index contributed by atoms with van der Waals surface area (Å²) in [6.07, 6.45) is 0.196. The largest absolute Gasteiger partial charge is 0.368 e. The van der Waals surface area contributed by atoms with Gasteiger partial charge in [-0.3, -0.25) is 9.59 Å². The molecule has 1 atom stereocenters. The van der Waals surface area contributed by atoms with E-state index in [2.05, 4.69) is 55.6 Å². The number of primary amides is 1. The van der Waals surface area contributed by atoms with Crippen molar-refractivity contribution >= 4 is 30.8 Å². The number of para-hydroxylation sites is 1. The zero-order chi connectivity index (χ0) is 20.2. The van der Waals surface area contributed by atoms with E-state index in [1.165, 1.54) is 0 Å². The molecule has 27 heavy (non-hydrogen) atoms. The molecule has 0 aliphatic carbocycles. The Bertz CT molecular complexity index is 920. The first kappa shape index (κ1) is 20.7. The van der Waals surface area contributed by atoms with Gasteiger partial charge in [0.25, 0.3) is 5.91 Å². The van der Waals surface area contributed by atoms with Crippen molar-refractivity contribution in [1.29, 1.82) is 0 Å². The topological polar surface area (TPSA) is 85.1 Å². The van der Waals surface area contributed by atoms with Crippen LogP contribution in [-0.2, 0) is 4.79 Å². The average Bonchev–Trinajstić information content (AvgIpc) is 2.59. The van der Waals surface area contributed by atoms with E-state index in [9.17, 15) is 9.59 Å². The summed E-state index contributed by atoms with van der Waals surface area (Å²) in [7, 11) is -1.78. The first-order valence-corrected chi connectivity index (χ1v) is 12.0. The van der Waals surface area contributed by atoms with Crippen LogP contribution in [0.3, 0.4) is 0 Å². The molecule has 0 aliphatic heterocycles. The van der Waals surface area contributed by atoms with E-state index < -0.39 is 25.9 Å². The highest BCUT2D eigenvalue weighted by Gasteiger charge is 2.33. The third-order valence-electron chi connectivity index (χ3n) is 5.06. The van der Waals surface area contributed by atoms with E-state index in [1.807, 2.05) is 30.3 Å². The summed E-state index contributed by atoms with van der Waals surface area (Å²) in [5.41, 5.74) is 9.76. The van der Waals surface area contributed by atoms with Crippen molar-refractivity contribution in [2.45, 2.75) is 51.4 Å². The molecule has 2 aromatic rings. The number of nitrogens with zero attached hydrogens (tertiary/aromatic N) is 1. The van der Waals surface area contributed by atoms with Gasteiger partial charge >= 0.3 is 0 Å². The molecule has 3 N–H and O–H groups in total. The van der Waals surface area contributed by atoms with Crippen molar-refractivity contribution in [1.82, 2.24) is 10.3 Å². The Balaban J connectivity index is 2.13. The molecule has 142 valence electrons. The van der Waals surface area contributed by atoms with Crippen LogP contribution in [0.5, 0.6) is 0 Å². The molecular formula is C21H27N3O2Si. The molecule has 0 fully saturated rings. The third kappa shape index (κ3) is 5.17. The number of fused-ring (bicyclic) bond motifs is 1. The van der Waals surface area contributed by atoms with Crippen LogP contribution in [0.2, 0.25) is 18.1 Å². The molecule has 0 spiro atoms. The van der Waals surface area contributed by atoms with Crippen LogP contribution < -0.4 is 11.1 Å². The predicted molar refractivity (Wildman–Crippen MR) is 112 cm³/mol. The number of pyridine rings is 1. The Morgan fingerprint density at radius 1 is 1.19 bits per heavy atom. The van der Waals surface area contributed by atoms with Crippen LogP contribution >= 0.6 is 0 Å². The van der Waals surface area contributed by atoms with Gasteiger partial charge in [-0.25, -0.2) is 4.98 Å². The summed E-state index contributed by atoms with van der Waals surface area (Å²) in [4.78, 5) is 28.6.